The lowest BCUT2D eigenvalue weighted by Gasteiger charge is -2.19. The molecule has 2 aromatic carbocycles. The van der Waals surface area contributed by atoms with Crippen LogP contribution in [0.15, 0.2) is 40.9 Å². The summed E-state index contributed by atoms with van der Waals surface area (Å²) >= 11 is 3.39. The van der Waals surface area contributed by atoms with E-state index in [0.29, 0.717) is 18.9 Å². The average Bonchev–Trinajstić information content (AvgIpc) is 2.42. The highest BCUT2D eigenvalue weighted by atomic mass is 79.9. The Labute approximate surface area is 119 Å². The maximum absolute atomic E-state index is 5.96. The Morgan fingerprint density at radius 1 is 1.00 bits per heavy atom. The second-order valence-corrected chi connectivity index (χ2v) is 5.13. The zero-order chi connectivity index (χ0) is 13.2. The van der Waals surface area contributed by atoms with Crippen LogP contribution in [0.2, 0.25) is 0 Å². The van der Waals surface area contributed by atoms with Crippen LogP contribution in [0.1, 0.15) is 0 Å². The number of nitrogens with two attached hydrogens (primary N) is 1. The van der Waals surface area contributed by atoms with Gasteiger partial charge in [-0.2, -0.15) is 0 Å². The molecule has 98 valence electrons. The zero-order valence-corrected chi connectivity index (χ0v) is 11.7. The third kappa shape index (κ3) is 2.61. The van der Waals surface area contributed by atoms with Crippen molar-refractivity contribution in [3.05, 3.63) is 40.9 Å². The van der Waals surface area contributed by atoms with Gasteiger partial charge in [0.05, 0.1) is 11.4 Å². The topological polar surface area (TPSA) is 56.5 Å². The summed E-state index contributed by atoms with van der Waals surface area (Å²) in [5.74, 6) is 1.53. The molecule has 5 heteroatoms. The van der Waals surface area contributed by atoms with Crippen molar-refractivity contribution in [1.29, 1.82) is 0 Å². The van der Waals surface area contributed by atoms with Gasteiger partial charge in [-0.1, -0.05) is 15.9 Å². The fourth-order valence-corrected chi connectivity index (χ4v) is 2.30. The maximum atomic E-state index is 5.96. The molecule has 0 fully saturated rings. The van der Waals surface area contributed by atoms with Crippen LogP contribution in [0.4, 0.5) is 17.1 Å². The fraction of sp³-hybridized carbons (Fsp3) is 0.143. The van der Waals surface area contributed by atoms with Crippen LogP contribution in [-0.4, -0.2) is 13.2 Å². The van der Waals surface area contributed by atoms with Crippen molar-refractivity contribution in [1.82, 2.24) is 0 Å². The molecule has 0 radical (unpaired) electrons. The molecule has 0 unspecified atom stereocenters. The monoisotopic (exact) mass is 320 g/mol. The summed E-state index contributed by atoms with van der Waals surface area (Å²) in [7, 11) is 0. The lowest BCUT2D eigenvalue weighted by atomic mass is 10.2. The Kier molecular flexibility index (Phi) is 3.21. The summed E-state index contributed by atoms with van der Waals surface area (Å²) in [6, 6.07) is 11.5. The predicted octanol–water partition coefficient (Wildman–Crippen LogP) is 3.55. The molecule has 3 rings (SSSR count). The minimum Gasteiger partial charge on any atom is -0.486 e. The third-order valence-electron chi connectivity index (χ3n) is 2.83. The number of nitrogen functional groups attached to an aromatic ring is 1. The van der Waals surface area contributed by atoms with Crippen molar-refractivity contribution < 1.29 is 9.47 Å². The summed E-state index contributed by atoms with van der Waals surface area (Å²) in [5, 5.41) is 3.27. The maximum Gasteiger partial charge on any atom is 0.163 e. The van der Waals surface area contributed by atoms with Gasteiger partial charge in [0.15, 0.2) is 11.5 Å². The molecular formula is C14H13BrN2O2. The van der Waals surface area contributed by atoms with Crippen LogP contribution in [0.5, 0.6) is 11.5 Å². The van der Waals surface area contributed by atoms with Crippen molar-refractivity contribution >= 4 is 33.0 Å². The molecule has 19 heavy (non-hydrogen) atoms. The Balaban J connectivity index is 1.87. The summed E-state index contributed by atoms with van der Waals surface area (Å²) < 4.78 is 12.0. The number of ether oxygens (including phenoxy) is 2. The van der Waals surface area contributed by atoms with E-state index in [1.165, 1.54) is 0 Å². The van der Waals surface area contributed by atoms with E-state index in [0.717, 1.165) is 27.3 Å². The van der Waals surface area contributed by atoms with Gasteiger partial charge in [-0.25, -0.2) is 0 Å². The second kappa shape index (κ2) is 5.01. The number of hydrogen-bond acceptors (Lipinski definition) is 4. The van der Waals surface area contributed by atoms with E-state index in [1.54, 1.807) is 0 Å². The second-order valence-electron chi connectivity index (χ2n) is 4.22. The molecule has 0 atom stereocenters. The number of anilines is 3. The van der Waals surface area contributed by atoms with E-state index in [9.17, 15) is 0 Å². The lowest BCUT2D eigenvalue weighted by molar-refractivity contribution is 0.171. The molecule has 0 aromatic heterocycles. The molecular weight excluding hydrogens is 308 g/mol. The van der Waals surface area contributed by atoms with Crippen molar-refractivity contribution in [2.75, 3.05) is 24.3 Å². The van der Waals surface area contributed by atoms with Crippen molar-refractivity contribution in [3.8, 4) is 11.5 Å². The highest BCUT2D eigenvalue weighted by molar-refractivity contribution is 9.10. The molecule has 1 aliphatic heterocycles. The van der Waals surface area contributed by atoms with E-state index >= 15 is 0 Å². The van der Waals surface area contributed by atoms with Gasteiger partial charge in [-0.05, 0) is 30.3 Å². The molecule has 0 amide bonds. The van der Waals surface area contributed by atoms with Crippen molar-refractivity contribution in [3.63, 3.8) is 0 Å². The van der Waals surface area contributed by atoms with Crippen LogP contribution < -0.4 is 20.5 Å². The normalized spacial score (nSPS) is 13.1. The fourth-order valence-electron chi connectivity index (χ4n) is 1.92. The first kappa shape index (κ1) is 12.2. The van der Waals surface area contributed by atoms with Gasteiger partial charge in [0.2, 0.25) is 0 Å². The Bertz CT molecular complexity index is 616. The number of hydrogen-bond donors (Lipinski definition) is 2. The molecule has 0 bridgehead atoms. The zero-order valence-electron chi connectivity index (χ0n) is 10.2. The van der Waals surface area contributed by atoms with Gasteiger partial charge in [-0.3, -0.25) is 0 Å². The predicted molar refractivity (Wildman–Crippen MR) is 79.3 cm³/mol. The van der Waals surface area contributed by atoms with Crippen LogP contribution in [0.25, 0.3) is 0 Å². The molecule has 0 saturated heterocycles. The quantitative estimate of drug-likeness (QED) is 0.831. The summed E-state index contributed by atoms with van der Waals surface area (Å²) in [4.78, 5) is 0. The standard InChI is InChI=1S/C14H13BrN2O2/c15-9-1-3-12(11(16)7-9)17-10-2-4-13-14(8-10)19-6-5-18-13/h1-4,7-8,17H,5-6,16H2. The number of nitrogens with one attached hydrogen (secondary N) is 1. The third-order valence-corrected chi connectivity index (χ3v) is 3.33. The summed E-state index contributed by atoms with van der Waals surface area (Å²) in [6.45, 7) is 1.18. The first-order valence-electron chi connectivity index (χ1n) is 5.94. The molecule has 0 aliphatic carbocycles. The highest BCUT2D eigenvalue weighted by Gasteiger charge is 2.12. The number of benzene rings is 2. The molecule has 1 aliphatic rings. The number of halogens is 1. The van der Waals surface area contributed by atoms with E-state index in [1.807, 2.05) is 36.4 Å². The van der Waals surface area contributed by atoms with Crippen LogP contribution >= 0.6 is 15.9 Å². The molecule has 2 aromatic rings. The SMILES string of the molecule is Nc1cc(Br)ccc1Nc1ccc2c(c1)OCCO2. The smallest absolute Gasteiger partial charge is 0.163 e. The van der Waals surface area contributed by atoms with Crippen LogP contribution in [0.3, 0.4) is 0 Å². The lowest BCUT2D eigenvalue weighted by Crippen LogP contribution is -2.15. The summed E-state index contributed by atoms with van der Waals surface area (Å²) in [6.07, 6.45) is 0. The molecule has 4 nitrogen and oxygen atoms in total. The van der Waals surface area contributed by atoms with Crippen molar-refractivity contribution in [2.45, 2.75) is 0 Å². The van der Waals surface area contributed by atoms with E-state index < -0.39 is 0 Å². The highest BCUT2D eigenvalue weighted by Crippen LogP contribution is 2.34. The number of fused-ring (bicyclic) bond motifs is 1. The Morgan fingerprint density at radius 2 is 1.79 bits per heavy atom. The van der Waals surface area contributed by atoms with E-state index in [4.69, 9.17) is 15.2 Å². The Morgan fingerprint density at radius 3 is 2.58 bits per heavy atom. The number of rotatable bonds is 2. The van der Waals surface area contributed by atoms with Gasteiger partial charge in [-0.15, -0.1) is 0 Å². The van der Waals surface area contributed by atoms with Crippen molar-refractivity contribution in [2.24, 2.45) is 0 Å². The van der Waals surface area contributed by atoms with E-state index in [2.05, 4.69) is 21.2 Å². The molecule has 0 saturated carbocycles. The average molecular weight is 321 g/mol. The van der Waals surface area contributed by atoms with Gasteiger partial charge >= 0.3 is 0 Å². The molecule has 0 spiro atoms. The van der Waals surface area contributed by atoms with E-state index in [-0.39, 0.29) is 0 Å². The van der Waals surface area contributed by atoms with Crippen LogP contribution in [-0.2, 0) is 0 Å². The van der Waals surface area contributed by atoms with Gasteiger partial charge in [0, 0.05) is 16.2 Å². The van der Waals surface area contributed by atoms with Crippen LogP contribution in [0, 0.1) is 0 Å². The van der Waals surface area contributed by atoms with Gasteiger partial charge < -0.3 is 20.5 Å². The van der Waals surface area contributed by atoms with Gasteiger partial charge in [0.1, 0.15) is 13.2 Å². The molecule has 1 heterocycles. The minimum absolute atomic E-state index is 0.580. The summed E-state index contributed by atoms with van der Waals surface area (Å²) in [5.41, 5.74) is 8.42. The largest absolute Gasteiger partial charge is 0.486 e. The Hall–Kier alpha value is -1.88. The first-order chi connectivity index (χ1) is 9.22. The first-order valence-corrected chi connectivity index (χ1v) is 6.73. The van der Waals surface area contributed by atoms with Gasteiger partial charge in [0.25, 0.3) is 0 Å². The molecule has 3 N–H and O–H groups in total. The minimum atomic E-state index is 0.580.